The van der Waals surface area contributed by atoms with E-state index in [0.717, 1.165) is 56.8 Å². The number of aromatic nitrogens is 2. The number of piperazine rings is 1. The van der Waals surface area contributed by atoms with Crippen molar-refractivity contribution in [3.05, 3.63) is 35.8 Å². The quantitative estimate of drug-likeness (QED) is 0.563. The van der Waals surface area contributed by atoms with Gasteiger partial charge in [-0.25, -0.2) is 9.37 Å². The minimum absolute atomic E-state index is 0.0811. The van der Waals surface area contributed by atoms with Gasteiger partial charge in [-0.2, -0.15) is 4.98 Å². The minimum Gasteiger partial charge on any atom is -0.367 e. The van der Waals surface area contributed by atoms with Crippen molar-refractivity contribution in [2.24, 2.45) is 5.41 Å². The Hall–Kier alpha value is -2.98. The molecule has 1 aromatic heterocycles. The number of carbonyl (C=O) groups is 1. The highest BCUT2D eigenvalue weighted by Gasteiger charge is 2.65. The van der Waals surface area contributed by atoms with E-state index < -0.39 is 5.41 Å². The van der Waals surface area contributed by atoms with E-state index >= 15 is 4.39 Å². The van der Waals surface area contributed by atoms with Crippen LogP contribution >= 0.6 is 0 Å². The predicted molar refractivity (Wildman–Crippen MR) is 148 cm³/mol. The van der Waals surface area contributed by atoms with Gasteiger partial charge in [-0.3, -0.25) is 9.69 Å². The van der Waals surface area contributed by atoms with Gasteiger partial charge in [0.25, 0.3) is 0 Å². The largest absolute Gasteiger partial charge is 0.367 e. The highest BCUT2D eigenvalue weighted by molar-refractivity contribution is 5.87. The normalized spacial score (nSPS) is 29.0. The number of hydrogen-bond acceptors (Lipinski definition) is 8. The van der Waals surface area contributed by atoms with Gasteiger partial charge in [0.1, 0.15) is 17.7 Å². The fourth-order valence-corrected chi connectivity index (χ4v) is 7.23. The van der Waals surface area contributed by atoms with Crippen LogP contribution < -0.4 is 20.4 Å². The van der Waals surface area contributed by atoms with Crippen molar-refractivity contribution in [1.29, 1.82) is 0 Å². The van der Waals surface area contributed by atoms with Crippen LogP contribution in [0.3, 0.4) is 0 Å². The van der Waals surface area contributed by atoms with Crippen molar-refractivity contribution in [3.8, 4) is 0 Å². The lowest BCUT2D eigenvalue weighted by Gasteiger charge is -2.38. The van der Waals surface area contributed by atoms with Crippen LogP contribution in [-0.2, 0) is 16.0 Å². The molecule has 4 fully saturated rings. The summed E-state index contributed by atoms with van der Waals surface area (Å²) in [5, 5.41) is 6.27. The van der Waals surface area contributed by atoms with Crippen LogP contribution in [0.4, 0.5) is 27.5 Å². The van der Waals surface area contributed by atoms with Gasteiger partial charge < -0.3 is 25.2 Å². The maximum atomic E-state index is 15.3. The molecule has 1 spiro atoms. The highest BCUT2D eigenvalue weighted by Crippen LogP contribution is 2.53. The van der Waals surface area contributed by atoms with Gasteiger partial charge in [0.2, 0.25) is 11.9 Å². The molecule has 0 radical (unpaired) electrons. The van der Waals surface area contributed by atoms with E-state index in [9.17, 15) is 4.79 Å². The summed E-state index contributed by atoms with van der Waals surface area (Å²) in [5.41, 5.74) is 1.69. The summed E-state index contributed by atoms with van der Waals surface area (Å²) in [5.74, 6) is 1.11. The average Bonchev–Trinajstić information content (AvgIpc) is 3.38. The molecular weight excluding hydrogens is 497 g/mol. The number of benzene rings is 1. The van der Waals surface area contributed by atoms with Crippen LogP contribution in [0.1, 0.15) is 51.5 Å². The molecule has 5 aliphatic rings. The molecule has 4 aliphatic heterocycles. The van der Waals surface area contributed by atoms with Crippen LogP contribution in [0.5, 0.6) is 0 Å². The third-order valence-electron chi connectivity index (χ3n) is 9.50. The van der Waals surface area contributed by atoms with Crippen molar-refractivity contribution < 1.29 is 13.9 Å². The smallest absolute Gasteiger partial charge is 0.229 e. The molecule has 39 heavy (non-hydrogen) atoms. The van der Waals surface area contributed by atoms with E-state index in [0.29, 0.717) is 42.4 Å². The van der Waals surface area contributed by atoms with E-state index in [4.69, 9.17) is 9.72 Å². The lowest BCUT2D eigenvalue weighted by atomic mass is 9.78. The Kier molecular flexibility index (Phi) is 6.15. The van der Waals surface area contributed by atoms with E-state index in [2.05, 4.69) is 44.2 Å². The van der Waals surface area contributed by atoms with Crippen molar-refractivity contribution in [2.45, 2.75) is 76.8 Å². The van der Waals surface area contributed by atoms with Crippen LogP contribution in [0, 0.1) is 11.2 Å². The SMILES string of the molecule is CC(C)N1CCN(c2ccc(Nc3ncc4c(n3)N(C3CCCC3)C3OC3[C@@]3(CCNC3=O)C4)cc2F)CC1. The highest BCUT2D eigenvalue weighted by atomic mass is 19.1. The predicted octanol–water partition coefficient (Wildman–Crippen LogP) is 3.43. The molecule has 3 atom stereocenters. The molecule has 1 amide bonds. The minimum atomic E-state index is -0.551. The van der Waals surface area contributed by atoms with Gasteiger partial charge in [-0.05, 0) is 57.7 Å². The standard InChI is InChI=1S/C29H38FN7O2/c1-18(2)35-11-13-36(14-12-35)23-8-7-20(15-22(23)30)33-28-32-17-19-16-29(9-10-31-27(29)38)24-26(39-24)37(25(19)34-28)21-5-3-4-6-21/h7-8,15,17-18,21,24,26H,3-6,9-14,16H2,1-2H3,(H,31,38)(H,32,33,34)/t24?,26?,29-/m1/s1. The molecule has 3 saturated heterocycles. The first-order chi connectivity index (χ1) is 18.9. The number of hydrogen-bond donors (Lipinski definition) is 2. The Balaban J connectivity index is 1.14. The van der Waals surface area contributed by atoms with E-state index in [1.807, 2.05) is 18.3 Å². The number of nitrogens with zero attached hydrogens (tertiary/aromatic N) is 5. The number of carbonyl (C=O) groups excluding carboxylic acids is 1. The van der Waals surface area contributed by atoms with E-state index in [-0.39, 0.29) is 24.1 Å². The number of rotatable bonds is 5. The third kappa shape index (κ3) is 4.32. The zero-order chi connectivity index (χ0) is 26.7. The molecule has 1 aliphatic carbocycles. The van der Waals surface area contributed by atoms with Crippen molar-refractivity contribution in [2.75, 3.05) is 47.8 Å². The first-order valence-corrected chi connectivity index (χ1v) is 14.6. The fraction of sp³-hybridized carbons (Fsp3) is 0.621. The summed E-state index contributed by atoms with van der Waals surface area (Å²) in [6, 6.07) is 6.13. The van der Waals surface area contributed by atoms with Gasteiger partial charge >= 0.3 is 0 Å². The zero-order valence-corrected chi connectivity index (χ0v) is 22.8. The van der Waals surface area contributed by atoms with Gasteiger partial charge in [0.05, 0.1) is 11.1 Å². The second-order valence-electron chi connectivity index (χ2n) is 12.1. The Labute approximate surface area is 229 Å². The zero-order valence-electron chi connectivity index (χ0n) is 22.8. The second kappa shape index (κ2) is 9.59. The molecule has 2 N–H and O–H groups in total. The number of ether oxygens (including phenoxy) is 1. The van der Waals surface area contributed by atoms with E-state index in [1.165, 1.54) is 18.9 Å². The van der Waals surface area contributed by atoms with Crippen molar-refractivity contribution in [3.63, 3.8) is 0 Å². The van der Waals surface area contributed by atoms with Gasteiger partial charge in [-0.15, -0.1) is 0 Å². The summed E-state index contributed by atoms with van der Waals surface area (Å²) in [4.78, 5) is 29.5. The first-order valence-electron chi connectivity index (χ1n) is 14.6. The van der Waals surface area contributed by atoms with Crippen LogP contribution in [0.2, 0.25) is 0 Å². The molecule has 10 heteroatoms. The molecule has 2 aromatic rings. The second-order valence-corrected chi connectivity index (χ2v) is 12.1. The summed E-state index contributed by atoms with van der Waals surface area (Å²) < 4.78 is 21.5. The molecule has 208 valence electrons. The summed E-state index contributed by atoms with van der Waals surface area (Å²) in [6.45, 7) is 8.59. The van der Waals surface area contributed by atoms with Gasteiger partial charge in [0.15, 0.2) is 6.23 Å². The summed E-state index contributed by atoms with van der Waals surface area (Å²) in [6.07, 6.45) is 7.51. The molecule has 1 aromatic carbocycles. The molecule has 7 rings (SSSR count). The van der Waals surface area contributed by atoms with Crippen LogP contribution in [0.25, 0.3) is 0 Å². The number of amides is 1. The van der Waals surface area contributed by atoms with Gasteiger partial charge in [0, 0.05) is 62.3 Å². The van der Waals surface area contributed by atoms with Crippen molar-refractivity contribution in [1.82, 2.24) is 20.2 Å². The fourth-order valence-electron chi connectivity index (χ4n) is 7.23. The third-order valence-corrected chi connectivity index (χ3v) is 9.50. The summed E-state index contributed by atoms with van der Waals surface area (Å²) >= 11 is 0. The van der Waals surface area contributed by atoms with Crippen molar-refractivity contribution >= 4 is 29.0 Å². The number of fused-ring (bicyclic) bond motifs is 3. The molecular formula is C29H38FN7O2. The average molecular weight is 536 g/mol. The Morgan fingerprint density at radius 2 is 1.97 bits per heavy atom. The maximum Gasteiger partial charge on any atom is 0.229 e. The topological polar surface area (TPSA) is 89.2 Å². The number of halogens is 1. The van der Waals surface area contributed by atoms with Gasteiger partial charge in [-0.1, -0.05) is 12.8 Å². The summed E-state index contributed by atoms with van der Waals surface area (Å²) in [7, 11) is 0. The molecule has 9 nitrogen and oxygen atoms in total. The Morgan fingerprint density at radius 1 is 1.18 bits per heavy atom. The Bertz CT molecular complexity index is 1260. The molecule has 1 saturated carbocycles. The van der Waals surface area contributed by atoms with Crippen LogP contribution in [-0.4, -0.2) is 77.9 Å². The first kappa shape index (κ1) is 25.0. The molecule has 0 bridgehead atoms. The number of epoxide rings is 1. The number of anilines is 4. The molecule has 5 heterocycles. The number of nitrogens with one attached hydrogen (secondary N) is 2. The monoisotopic (exact) mass is 535 g/mol. The lowest BCUT2D eigenvalue weighted by molar-refractivity contribution is -0.128. The Morgan fingerprint density at radius 3 is 2.67 bits per heavy atom. The maximum absolute atomic E-state index is 15.3. The van der Waals surface area contributed by atoms with E-state index in [1.54, 1.807) is 0 Å². The van der Waals surface area contributed by atoms with Crippen LogP contribution in [0.15, 0.2) is 24.4 Å². The lowest BCUT2D eigenvalue weighted by Crippen LogP contribution is -2.49. The molecule has 2 unspecified atom stereocenters.